The molecule has 26 heavy (non-hydrogen) atoms. The molecule has 134 valence electrons. The molecule has 4 rings (SSSR count). The molecule has 1 aliphatic heterocycles. The number of nitrogens with one attached hydrogen (secondary N) is 1. The number of hydrogen-bond acceptors (Lipinski definition) is 2. The summed E-state index contributed by atoms with van der Waals surface area (Å²) in [4.78, 5) is 15.5. The Bertz CT molecular complexity index is 904. The van der Waals surface area contributed by atoms with Gasteiger partial charge in [-0.05, 0) is 30.9 Å². The van der Waals surface area contributed by atoms with Crippen molar-refractivity contribution in [2.24, 2.45) is 0 Å². The molecule has 2 aromatic carbocycles. The van der Waals surface area contributed by atoms with Gasteiger partial charge in [-0.25, -0.2) is 4.68 Å². The molecule has 2 heterocycles. The Morgan fingerprint density at radius 2 is 1.58 bits per heavy atom. The lowest BCUT2D eigenvalue weighted by atomic mass is 10.0. The summed E-state index contributed by atoms with van der Waals surface area (Å²) in [5.74, 6) is 0. The maximum Gasteiger partial charge on any atom is 0.274 e. The van der Waals surface area contributed by atoms with Crippen LogP contribution in [0, 0.1) is 6.92 Å². The molecule has 0 saturated carbocycles. The van der Waals surface area contributed by atoms with E-state index in [0.29, 0.717) is 0 Å². The van der Waals surface area contributed by atoms with Crippen molar-refractivity contribution in [3.05, 3.63) is 82.3 Å². The summed E-state index contributed by atoms with van der Waals surface area (Å²) in [5.41, 5.74) is 4.21. The van der Waals surface area contributed by atoms with Gasteiger partial charge in [-0.15, -0.1) is 0 Å². The van der Waals surface area contributed by atoms with Crippen LogP contribution in [0.2, 0.25) is 0 Å². The molecule has 0 atom stereocenters. The number of nitrogens with zero attached hydrogens (tertiary/aromatic N) is 2. The molecular weight excluding hydrogens is 322 g/mol. The van der Waals surface area contributed by atoms with Gasteiger partial charge < -0.3 is 0 Å². The average molecular weight is 347 g/mol. The van der Waals surface area contributed by atoms with Crippen LogP contribution in [0.3, 0.4) is 0 Å². The summed E-state index contributed by atoms with van der Waals surface area (Å²) in [6.45, 7) is 5.02. The predicted octanol–water partition coefficient (Wildman–Crippen LogP) is 3.99. The monoisotopic (exact) mass is 347 g/mol. The number of aryl methyl sites for hydroxylation is 1. The van der Waals surface area contributed by atoms with Crippen LogP contribution < -0.4 is 5.56 Å². The topological polar surface area (TPSA) is 41.0 Å². The Kier molecular flexibility index (Phi) is 4.76. The second kappa shape index (κ2) is 7.34. The fraction of sp³-hybridized carbons (Fsp3) is 0.318. The second-order valence-electron chi connectivity index (χ2n) is 7.15. The summed E-state index contributed by atoms with van der Waals surface area (Å²) in [7, 11) is 0. The van der Waals surface area contributed by atoms with Gasteiger partial charge in [-0.2, -0.15) is 0 Å². The van der Waals surface area contributed by atoms with Crippen molar-refractivity contribution in [3.8, 4) is 11.1 Å². The molecule has 0 radical (unpaired) electrons. The number of hydrogen-bond donors (Lipinski definition) is 1. The summed E-state index contributed by atoms with van der Waals surface area (Å²) >= 11 is 0. The van der Waals surface area contributed by atoms with Gasteiger partial charge in [-0.3, -0.25) is 14.8 Å². The molecule has 1 N–H and O–H groups in total. The molecular formula is C22H25N3O. The molecule has 0 amide bonds. The number of benzene rings is 2. The van der Waals surface area contributed by atoms with E-state index >= 15 is 0 Å². The summed E-state index contributed by atoms with van der Waals surface area (Å²) in [6, 6.07) is 20.8. The zero-order chi connectivity index (χ0) is 17.9. The number of H-pyrrole nitrogens is 1. The lowest BCUT2D eigenvalue weighted by Gasteiger charge is -2.32. The van der Waals surface area contributed by atoms with Gasteiger partial charge in [0.15, 0.2) is 0 Å². The standard InChI is InChI=1S/C22H25N3O/c1-17-21(19-10-6-3-7-11-19)22(26)25(23-17)20-12-14-24(15-13-20)16-18-8-4-2-5-9-18/h2-11,20,23H,12-16H2,1H3. The second-order valence-corrected chi connectivity index (χ2v) is 7.15. The van der Waals surface area contributed by atoms with Crippen LogP contribution in [0.1, 0.15) is 30.1 Å². The van der Waals surface area contributed by atoms with Crippen molar-refractivity contribution >= 4 is 0 Å². The molecule has 0 unspecified atom stereocenters. The first-order valence-electron chi connectivity index (χ1n) is 9.35. The molecule has 1 fully saturated rings. The van der Waals surface area contributed by atoms with E-state index in [1.807, 2.05) is 41.9 Å². The molecule has 1 saturated heterocycles. The minimum absolute atomic E-state index is 0.107. The number of piperidine rings is 1. The van der Waals surface area contributed by atoms with Crippen LogP contribution in [-0.2, 0) is 6.54 Å². The minimum Gasteiger partial charge on any atom is -0.299 e. The highest BCUT2D eigenvalue weighted by Gasteiger charge is 2.24. The third kappa shape index (κ3) is 3.37. The van der Waals surface area contributed by atoms with E-state index in [2.05, 4.69) is 40.3 Å². The fourth-order valence-corrected chi connectivity index (χ4v) is 3.95. The summed E-state index contributed by atoms with van der Waals surface area (Å²) in [6.07, 6.45) is 2.00. The van der Waals surface area contributed by atoms with Crippen LogP contribution in [-0.4, -0.2) is 27.8 Å². The SMILES string of the molecule is Cc1[nH]n(C2CCN(Cc3ccccc3)CC2)c(=O)c1-c1ccccc1. The third-order valence-electron chi connectivity index (χ3n) is 5.33. The largest absolute Gasteiger partial charge is 0.299 e. The normalized spacial score (nSPS) is 16.0. The van der Waals surface area contributed by atoms with Crippen molar-refractivity contribution in [3.63, 3.8) is 0 Å². The van der Waals surface area contributed by atoms with E-state index in [-0.39, 0.29) is 11.6 Å². The van der Waals surface area contributed by atoms with Gasteiger partial charge in [0.1, 0.15) is 0 Å². The molecule has 1 aromatic heterocycles. The Balaban J connectivity index is 1.48. The van der Waals surface area contributed by atoms with Crippen LogP contribution in [0.15, 0.2) is 65.5 Å². The van der Waals surface area contributed by atoms with Crippen LogP contribution in [0.25, 0.3) is 11.1 Å². The van der Waals surface area contributed by atoms with Crippen LogP contribution in [0.5, 0.6) is 0 Å². The van der Waals surface area contributed by atoms with Crippen molar-refractivity contribution in [1.29, 1.82) is 0 Å². The first kappa shape index (κ1) is 16.9. The van der Waals surface area contributed by atoms with Crippen LogP contribution in [0.4, 0.5) is 0 Å². The Labute approximate surface area is 154 Å². The zero-order valence-electron chi connectivity index (χ0n) is 15.2. The lowest BCUT2D eigenvalue weighted by molar-refractivity contribution is 0.171. The van der Waals surface area contributed by atoms with Gasteiger partial charge in [0.05, 0.1) is 11.6 Å². The Hall–Kier alpha value is -2.59. The minimum atomic E-state index is 0.107. The van der Waals surface area contributed by atoms with Gasteiger partial charge in [0.2, 0.25) is 0 Å². The molecule has 0 spiro atoms. The van der Waals surface area contributed by atoms with Gasteiger partial charge >= 0.3 is 0 Å². The highest BCUT2D eigenvalue weighted by Crippen LogP contribution is 2.25. The van der Waals surface area contributed by atoms with Crippen molar-refractivity contribution in [2.75, 3.05) is 13.1 Å². The molecule has 3 aromatic rings. The predicted molar refractivity (Wildman–Crippen MR) is 105 cm³/mol. The van der Waals surface area contributed by atoms with E-state index in [9.17, 15) is 4.79 Å². The summed E-state index contributed by atoms with van der Waals surface area (Å²) in [5, 5.41) is 3.33. The van der Waals surface area contributed by atoms with E-state index < -0.39 is 0 Å². The van der Waals surface area contributed by atoms with Gasteiger partial charge in [0.25, 0.3) is 5.56 Å². The van der Waals surface area contributed by atoms with Crippen molar-refractivity contribution in [2.45, 2.75) is 32.4 Å². The maximum absolute atomic E-state index is 13.0. The molecule has 1 aliphatic rings. The molecule has 4 heteroatoms. The van der Waals surface area contributed by atoms with E-state index in [0.717, 1.165) is 49.3 Å². The Morgan fingerprint density at radius 1 is 0.962 bits per heavy atom. The first-order valence-corrected chi connectivity index (χ1v) is 9.35. The van der Waals surface area contributed by atoms with Gasteiger partial charge in [0, 0.05) is 25.3 Å². The van der Waals surface area contributed by atoms with Crippen LogP contribution >= 0.6 is 0 Å². The highest BCUT2D eigenvalue weighted by molar-refractivity contribution is 5.64. The smallest absolute Gasteiger partial charge is 0.274 e. The van der Waals surface area contributed by atoms with Crippen molar-refractivity contribution < 1.29 is 0 Å². The maximum atomic E-state index is 13.0. The fourth-order valence-electron chi connectivity index (χ4n) is 3.95. The summed E-state index contributed by atoms with van der Waals surface area (Å²) < 4.78 is 1.86. The quantitative estimate of drug-likeness (QED) is 0.775. The number of likely N-dealkylation sites (tertiary alicyclic amines) is 1. The zero-order valence-corrected chi connectivity index (χ0v) is 15.2. The van der Waals surface area contributed by atoms with E-state index in [1.165, 1.54) is 5.56 Å². The van der Waals surface area contributed by atoms with E-state index in [4.69, 9.17) is 0 Å². The van der Waals surface area contributed by atoms with Crippen molar-refractivity contribution in [1.82, 2.24) is 14.7 Å². The number of aromatic nitrogens is 2. The molecule has 0 aliphatic carbocycles. The molecule has 0 bridgehead atoms. The molecule has 4 nitrogen and oxygen atoms in total. The number of aromatic amines is 1. The average Bonchev–Trinajstić information content (AvgIpc) is 2.98. The van der Waals surface area contributed by atoms with E-state index in [1.54, 1.807) is 0 Å². The third-order valence-corrected chi connectivity index (χ3v) is 5.33. The number of rotatable bonds is 4. The lowest BCUT2D eigenvalue weighted by Crippen LogP contribution is -2.37. The first-order chi connectivity index (χ1) is 12.7. The van der Waals surface area contributed by atoms with Gasteiger partial charge in [-0.1, -0.05) is 60.7 Å². The highest BCUT2D eigenvalue weighted by atomic mass is 16.1. The Morgan fingerprint density at radius 3 is 2.23 bits per heavy atom.